The molecule has 0 saturated heterocycles. The summed E-state index contributed by atoms with van der Waals surface area (Å²) in [5, 5.41) is 20.7. The van der Waals surface area contributed by atoms with Crippen molar-refractivity contribution in [2.45, 2.75) is 26.8 Å². The van der Waals surface area contributed by atoms with Crippen LogP contribution in [0.3, 0.4) is 0 Å². The van der Waals surface area contributed by atoms with Gasteiger partial charge in [0.25, 0.3) is 0 Å². The zero-order valence-electron chi connectivity index (χ0n) is 14.2. The number of halogens is 1. The number of hydrogen-bond acceptors (Lipinski definition) is 3. The van der Waals surface area contributed by atoms with Crippen molar-refractivity contribution in [1.29, 1.82) is 5.26 Å². The molecule has 0 aliphatic rings. The zero-order valence-corrected chi connectivity index (χ0v) is 15.0. The summed E-state index contributed by atoms with van der Waals surface area (Å²) in [6.45, 7) is 4.79. The van der Waals surface area contributed by atoms with Crippen LogP contribution in [0.4, 0.5) is 5.82 Å². The normalized spacial score (nSPS) is 10.5. The second kappa shape index (κ2) is 7.42. The molecule has 0 aliphatic carbocycles. The number of aromatic amines is 1. The largest absolute Gasteiger partial charge is 0.363 e. The SMILES string of the molecule is Cc1ccc(CNc2n[nH]c(Cc3cccc(Cl)c3)c2C#N)c(C)c1. The first kappa shape index (κ1) is 17.1. The first-order valence-corrected chi connectivity index (χ1v) is 8.46. The zero-order chi connectivity index (χ0) is 17.8. The molecule has 1 heterocycles. The van der Waals surface area contributed by atoms with Gasteiger partial charge in [-0.3, -0.25) is 5.10 Å². The van der Waals surface area contributed by atoms with Crippen LogP contribution < -0.4 is 5.32 Å². The molecule has 3 aromatic rings. The van der Waals surface area contributed by atoms with E-state index < -0.39 is 0 Å². The number of nitrogens with zero attached hydrogens (tertiary/aromatic N) is 2. The Bertz CT molecular complexity index is 937. The minimum absolute atomic E-state index is 0.546. The van der Waals surface area contributed by atoms with Crippen LogP contribution in [-0.2, 0) is 13.0 Å². The number of rotatable bonds is 5. The van der Waals surface area contributed by atoms with Gasteiger partial charge in [-0.15, -0.1) is 0 Å². The van der Waals surface area contributed by atoms with Gasteiger partial charge in [0.05, 0.1) is 5.69 Å². The van der Waals surface area contributed by atoms with E-state index in [1.165, 1.54) is 16.7 Å². The average molecular weight is 351 g/mol. The van der Waals surface area contributed by atoms with Crippen LogP contribution in [0.5, 0.6) is 0 Å². The number of H-pyrrole nitrogens is 1. The number of aromatic nitrogens is 2. The van der Waals surface area contributed by atoms with Gasteiger partial charge in [-0.2, -0.15) is 10.4 Å². The summed E-state index contributed by atoms with van der Waals surface area (Å²) in [5.41, 5.74) is 6.02. The molecule has 126 valence electrons. The molecule has 1 aromatic heterocycles. The molecule has 0 unspecified atom stereocenters. The second-order valence-corrected chi connectivity index (χ2v) is 6.56. The summed E-state index contributed by atoms with van der Waals surface area (Å²) < 4.78 is 0. The van der Waals surface area contributed by atoms with Gasteiger partial charge in [0, 0.05) is 18.0 Å². The molecule has 25 heavy (non-hydrogen) atoms. The van der Waals surface area contributed by atoms with Crippen molar-refractivity contribution in [3.05, 3.63) is 81.0 Å². The molecule has 4 nitrogen and oxygen atoms in total. The molecule has 3 rings (SSSR count). The van der Waals surface area contributed by atoms with Crippen LogP contribution >= 0.6 is 11.6 Å². The summed E-state index contributed by atoms with van der Waals surface area (Å²) in [6, 6.07) is 16.2. The molecule has 0 radical (unpaired) electrons. The van der Waals surface area contributed by atoms with Crippen LogP contribution in [0, 0.1) is 25.2 Å². The van der Waals surface area contributed by atoms with Gasteiger partial charge < -0.3 is 5.32 Å². The van der Waals surface area contributed by atoms with E-state index in [-0.39, 0.29) is 0 Å². The topological polar surface area (TPSA) is 64.5 Å². The highest BCUT2D eigenvalue weighted by molar-refractivity contribution is 6.30. The van der Waals surface area contributed by atoms with E-state index >= 15 is 0 Å². The Morgan fingerprint density at radius 1 is 1.20 bits per heavy atom. The molecule has 0 aliphatic heterocycles. The van der Waals surface area contributed by atoms with Crippen LogP contribution in [0.2, 0.25) is 5.02 Å². The lowest BCUT2D eigenvalue weighted by Crippen LogP contribution is -2.03. The highest BCUT2D eigenvalue weighted by Gasteiger charge is 2.13. The molecule has 0 saturated carbocycles. The number of benzene rings is 2. The predicted octanol–water partition coefficient (Wildman–Crippen LogP) is 4.75. The first-order valence-electron chi connectivity index (χ1n) is 8.08. The maximum absolute atomic E-state index is 9.53. The van der Waals surface area contributed by atoms with E-state index in [0.717, 1.165) is 11.3 Å². The van der Waals surface area contributed by atoms with Gasteiger partial charge in [-0.25, -0.2) is 0 Å². The van der Waals surface area contributed by atoms with E-state index in [9.17, 15) is 5.26 Å². The van der Waals surface area contributed by atoms with Crippen molar-refractivity contribution in [2.24, 2.45) is 0 Å². The fourth-order valence-corrected chi connectivity index (χ4v) is 3.04. The third kappa shape index (κ3) is 4.01. The van der Waals surface area contributed by atoms with Crippen LogP contribution in [0.25, 0.3) is 0 Å². The lowest BCUT2D eigenvalue weighted by molar-refractivity contribution is 0.985. The fraction of sp³-hybridized carbons (Fsp3) is 0.200. The van der Waals surface area contributed by atoms with Crippen LogP contribution in [0.1, 0.15) is 33.5 Å². The summed E-state index contributed by atoms with van der Waals surface area (Å²) in [4.78, 5) is 0. The Labute approximate surface area is 152 Å². The average Bonchev–Trinajstić information content (AvgIpc) is 2.95. The van der Waals surface area contributed by atoms with E-state index in [1.807, 2.05) is 24.3 Å². The summed E-state index contributed by atoms with van der Waals surface area (Å²) in [7, 11) is 0. The summed E-state index contributed by atoms with van der Waals surface area (Å²) in [5.74, 6) is 0.583. The Morgan fingerprint density at radius 3 is 2.76 bits per heavy atom. The molecule has 2 aromatic carbocycles. The summed E-state index contributed by atoms with van der Waals surface area (Å²) in [6.07, 6.45) is 0.585. The van der Waals surface area contributed by atoms with Gasteiger partial charge in [-0.05, 0) is 42.7 Å². The van der Waals surface area contributed by atoms with Crippen molar-refractivity contribution in [3.8, 4) is 6.07 Å². The van der Waals surface area contributed by atoms with E-state index in [0.29, 0.717) is 29.4 Å². The Hall–Kier alpha value is -2.77. The summed E-state index contributed by atoms with van der Waals surface area (Å²) >= 11 is 6.03. The van der Waals surface area contributed by atoms with Gasteiger partial charge in [-0.1, -0.05) is 47.5 Å². The number of hydrogen-bond donors (Lipinski definition) is 2. The van der Waals surface area contributed by atoms with Crippen molar-refractivity contribution in [1.82, 2.24) is 10.2 Å². The lowest BCUT2D eigenvalue weighted by atomic mass is 10.1. The molecule has 0 fully saturated rings. The Kier molecular flexibility index (Phi) is 5.06. The molecule has 0 spiro atoms. The smallest absolute Gasteiger partial charge is 0.166 e. The molecule has 0 bridgehead atoms. The monoisotopic (exact) mass is 350 g/mol. The third-order valence-electron chi connectivity index (χ3n) is 4.17. The van der Waals surface area contributed by atoms with Gasteiger partial charge >= 0.3 is 0 Å². The van der Waals surface area contributed by atoms with Gasteiger partial charge in [0.15, 0.2) is 5.82 Å². The third-order valence-corrected chi connectivity index (χ3v) is 4.40. The quantitative estimate of drug-likeness (QED) is 0.697. The highest BCUT2D eigenvalue weighted by atomic mass is 35.5. The van der Waals surface area contributed by atoms with E-state index in [1.54, 1.807) is 0 Å². The van der Waals surface area contributed by atoms with Crippen LogP contribution in [-0.4, -0.2) is 10.2 Å². The predicted molar refractivity (Wildman–Crippen MR) is 101 cm³/mol. The van der Waals surface area contributed by atoms with Crippen molar-refractivity contribution in [2.75, 3.05) is 5.32 Å². The minimum Gasteiger partial charge on any atom is -0.363 e. The van der Waals surface area contributed by atoms with E-state index in [4.69, 9.17) is 11.6 Å². The van der Waals surface area contributed by atoms with Gasteiger partial charge in [0.1, 0.15) is 11.6 Å². The number of nitriles is 1. The molecule has 0 amide bonds. The Morgan fingerprint density at radius 2 is 2.04 bits per heavy atom. The van der Waals surface area contributed by atoms with Crippen molar-refractivity contribution >= 4 is 17.4 Å². The Balaban J connectivity index is 1.77. The first-order chi connectivity index (χ1) is 12.1. The molecule has 5 heteroatoms. The standard InChI is InChI=1S/C20H19ClN4/c1-13-6-7-16(14(2)8-13)12-23-20-18(11-22)19(24-25-20)10-15-4-3-5-17(21)9-15/h3-9H,10,12H2,1-2H3,(H2,23,24,25). The lowest BCUT2D eigenvalue weighted by Gasteiger charge is -2.08. The maximum Gasteiger partial charge on any atom is 0.166 e. The van der Waals surface area contributed by atoms with Crippen LogP contribution in [0.15, 0.2) is 42.5 Å². The fourth-order valence-electron chi connectivity index (χ4n) is 2.83. The number of nitrogens with one attached hydrogen (secondary N) is 2. The van der Waals surface area contributed by atoms with Crippen molar-refractivity contribution in [3.63, 3.8) is 0 Å². The minimum atomic E-state index is 0.546. The molecular weight excluding hydrogens is 332 g/mol. The number of anilines is 1. The molecule has 2 N–H and O–H groups in total. The highest BCUT2D eigenvalue weighted by Crippen LogP contribution is 2.21. The molecular formula is C20H19ClN4. The second-order valence-electron chi connectivity index (χ2n) is 6.13. The number of aryl methyl sites for hydroxylation is 2. The van der Waals surface area contributed by atoms with Crippen molar-refractivity contribution < 1.29 is 0 Å². The molecule has 0 atom stereocenters. The van der Waals surface area contributed by atoms with Gasteiger partial charge in [0.2, 0.25) is 0 Å². The van der Waals surface area contributed by atoms with E-state index in [2.05, 4.69) is 53.6 Å². The maximum atomic E-state index is 9.53.